The molecule has 154 valence electrons. The van der Waals surface area contributed by atoms with Crippen LogP contribution in [-0.2, 0) is 23.3 Å². The second-order valence-electron chi connectivity index (χ2n) is 7.67. The van der Waals surface area contributed by atoms with Crippen LogP contribution < -0.4 is 4.90 Å². The first-order valence-electron chi connectivity index (χ1n) is 8.71. The summed E-state index contributed by atoms with van der Waals surface area (Å²) in [7, 11) is 0. The first-order valence-corrected chi connectivity index (χ1v) is 11.0. The highest BCUT2D eigenvalue weighted by atomic mass is 79.9. The van der Waals surface area contributed by atoms with Crippen LogP contribution in [0.1, 0.15) is 31.9 Å². The summed E-state index contributed by atoms with van der Waals surface area (Å²) in [5.41, 5.74) is 0.0335. The smallest absolute Gasteiger partial charge is 0.412 e. The van der Waals surface area contributed by atoms with E-state index >= 15 is 0 Å². The zero-order valence-corrected chi connectivity index (χ0v) is 19.1. The molecule has 1 unspecified atom stereocenters. The largest absolute Gasteiger partial charge is 0.591 e. The molecular weight excluding hydrogens is 483 g/mol. The van der Waals surface area contributed by atoms with Crippen LogP contribution in [0.2, 0.25) is 5.02 Å². The summed E-state index contributed by atoms with van der Waals surface area (Å²) in [5, 5.41) is 9.93. The van der Waals surface area contributed by atoms with E-state index in [-0.39, 0.29) is 17.1 Å². The van der Waals surface area contributed by atoms with Gasteiger partial charge in [-0.15, -0.1) is 0 Å². The van der Waals surface area contributed by atoms with Crippen LogP contribution in [0.3, 0.4) is 0 Å². The zero-order chi connectivity index (χ0) is 21.6. The molecule has 1 amide bonds. The second-order valence-corrected chi connectivity index (χ2v) is 10.8. The molecule has 1 aliphatic rings. The molecular formula is C20H19BrClFN2O3S. The molecule has 1 aliphatic heterocycles. The van der Waals surface area contributed by atoms with E-state index in [2.05, 4.69) is 20.3 Å². The van der Waals surface area contributed by atoms with Crippen LogP contribution in [-0.4, -0.2) is 26.7 Å². The molecule has 0 spiro atoms. The molecule has 3 rings (SSSR count). The van der Waals surface area contributed by atoms with Crippen LogP contribution in [0.4, 0.5) is 14.9 Å². The maximum absolute atomic E-state index is 14.3. The first kappa shape index (κ1) is 22.1. The van der Waals surface area contributed by atoms with Gasteiger partial charge in [-0.3, -0.25) is 4.90 Å². The third-order valence-electron chi connectivity index (χ3n) is 4.68. The Balaban J connectivity index is 2.27. The Morgan fingerprint density at radius 2 is 2.03 bits per heavy atom. The number of nitrogens with zero attached hydrogens (tertiary/aromatic N) is 2. The summed E-state index contributed by atoms with van der Waals surface area (Å²) in [6, 6.07) is 9.99. The highest BCUT2D eigenvalue weighted by Crippen LogP contribution is 2.49. The van der Waals surface area contributed by atoms with Gasteiger partial charge in [0.2, 0.25) is 0 Å². The number of rotatable bonds is 3. The second kappa shape index (κ2) is 7.91. The van der Waals surface area contributed by atoms with Gasteiger partial charge < -0.3 is 9.66 Å². The van der Waals surface area contributed by atoms with Gasteiger partial charge >= 0.3 is 6.09 Å². The number of anilines is 1. The Morgan fingerprint density at radius 1 is 1.41 bits per heavy atom. The minimum atomic E-state index is -1.60. The number of amides is 1. The Hall–Kier alpha value is -1.61. The molecule has 5 nitrogen and oxygen atoms in total. The lowest BCUT2D eigenvalue weighted by Crippen LogP contribution is -2.49. The highest BCUT2D eigenvalue weighted by molar-refractivity contribution is 9.10. The van der Waals surface area contributed by atoms with Gasteiger partial charge in [0, 0.05) is 10.9 Å². The van der Waals surface area contributed by atoms with Gasteiger partial charge in [-0.2, -0.15) is 0 Å². The van der Waals surface area contributed by atoms with Gasteiger partial charge in [0.25, 0.3) is 0 Å². The fraction of sp³-hybridized carbons (Fsp3) is 0.300. The van der Waals surface area contributed by atoms with Crippen molar-refractivity contribution in [2.45, 2.75) is 37.5 Å². The molecule has 2 aromatic rings. The summed E-state index contributed by atoms with van der Waals surface area (Å²) in [4.78, 5) is 13.4. The predicted octanol–water partition coefficient (Wildman–Crippen LogP) is 5.71. The van der Waals surface area contributed by atoms with Crippen LogP contribution in [0.25, 0.3) is 0 Å². The van der Waals surface area contributed by atoms with Crippen LogP contribution in [0.15, 0.2) is 45.3 Å². The standard InChI is InChI=1S/C20H19BrClFN2O3S/c1-19(2,3)29(28)24-11-20(12-7-5-4-6-8-12)10-13-15(25(20)18(26)27)9-14(23)17(22)16(13)21/h4-9,11H,10H2,1-3H3,(H,26,27)/b24-11+/t20?,29-/m1/s1. The van der Waals surface area contributed by atoms with E-state index in [1.807, 2.05) is 0 Å². The maximum Gasteiger partial charge on any atom is 0.412 e. The number of halogens is 3. The van der Waals surface area contributed by atoms with Gasteiger partial charge in [0.1, 0.15) is 27.5 Å². The molecule has 0 fully saturated rings. The lowest BCUT2D eigenvalue weighted by Gasteiger charge is -2.34. The number of carboxylic acid groups (broad SMARTS) is 1. The third-order valence-corrected chi connectivity index (χ3v) is 7.49. The van der Waals surface area contributed by atoms with E-state index < -0.39 is 33.6 Å². The molecule has 1 N–H and O–H groups in total. The van der Waals surface area contributed by atoms with Crippen LogP contribution in [0, 0.1) is 5.82 Å². The van der Waals surface area contributed by atoms with Crippen molar-refractivity contribution in [1.29, 1.82) is 0 Å². The molecule has 0 bridgehead atoms. The molecule has 0 saturated heterocycles. The lowest BCUT2D eigenvalue weighted by molar-refractivity contribution is 0.197. The average Bonchev–Trinajstić information content (AvgIpc) is 2.99. The van der Waals surface area contributed by atoms with E-state index in [9.17, 15) is 18.8 Å². The molecule has 0 aliphatic carbocycles. The van der Waals surface area contributed by atoms with E-state index in [0.717, 1.165) is 11.0 Å². The molecule has 29 heavy (non-hydrogen) atoms. The minimum absolute atomic E-state index is 0.117. The van der Waals surface area contributed by atoms with Crippen molar-refractivity contribution in [1.82, 2.24) is 0 Å². The summed E-state index contributed by atoms with van der Waals surface area (Å²) >= 11 is 7.74. The van der Waals surface area contributed by atoms with Gasteiger partial charge in [-0.05, 0) is 53.9 Å². The molecule has 9 heteroatoms. The molecule has 0 radical (unpaired) electrons. The maximum atomic E-state index is 14.3. The first-order chi connectivity index (χ1) is 13.5. The molecule has 0 saturated carbocycles. The molecule has 0 aromatic heterocycles. The fourth-order valence-electron chi connectivity index (χ4n) is 3.25. The summed E-state index contributed by atoms with van der Waals surface area (Å²) < 4.78 is 30.8. The van der Waals surface area contributed by atoms with Crippen molar-refractivity contribution in [2.75, 3.05) is 4.90 Å². The summed E-state index contributed by atoms with van der Waals surface area (Å²) in [6.07, 6.45) is 0.273. The quantitative estimate of drug-likeness (QED) is 0.332. The number of carbonyl (C=O) groups is 1. The SMILES string of the molecule is CC(C)(C)[S@@+]([O-])/N=C/C1(c2ccccc2)Cc2c(cc(F)c(Cl)c2Br)N1C(=O)O. The van der Waals surface area contributed by atoms with Crippen LogP contribution in [0.5, 0.6) is 0 Å². The fourth-order valence-corrected chi connectivity index (χ4v) is 4.54. The average molecular weight is 502 g/mol. The Morgan fingerprint density at radius 3 is 2.59 bits per heavy atom. The van der Waals surface area contributed by atoms with Crippen molar-refractivity contribution in [3.63, 3.8) is 0 Å². The minimum Gasteiger partial charge on any atom is -0.591 e. The molecule has 2 atom stereocenters. The van der Waals surface area contributed by atoms with Crippen molar-refractivity contribution >= 4 is 56.9 Å². The van der Waals surface area contributed by atoms with E-state index in [1.54, 1.807) is 51.1 Å². The monoisotopic (exact) mass is 500 g/mol. The van der Waals surface area contributed by atoms with Crippen molar-refractivity contribution in [2.24, 2.45) is 4.40 Å². The van der Waals surface area contributed by atoms with E-state index in [1.165, 1.54) is 6.21 Å². The number of hydrogen-bond donors (Lipinski definition) is 1. The molecule has 1 heterocycles. The van der Waals surface area contributed by atoms with Crippen molar-refractivity contribution in [3.8, 4) is 0 Å². The van der Waals surface area contributed by atoms with Gasteiger partial charge in [0.15, 0.2) is 0 Å². The zero-order valence-electron chi connectivity index (χ0n) is 15.9. The predicted molar refractivity (Wildman–Crippen MR) is 118 cm³/mol. The molecule has 2 aromatic carbocycles. The Kier molecular flexibility index (Phi) is 6.02. The summed E-state index contributed by atoms with van der Waals surface area (Å²) in [6.45, 7) is 5.33. The van der Waals surface area contributed by atoms with Crippen LogP contribution >= 0.6 is 27.5 Å². The lowest BCUT2D eigenvalue weighted by atomic mass is 9.87. The highest BCUT2D eigenvalue weighted by Gasteiger charge is 2.50. The number of hydrogen-bond acceptors (Lipinski definition) is 3. The van der Waals surface area contributed by atoms with Gasteiger partial charge in [0.05, 0.1) is 16.9 Å². The van der Waals surface area contributed by atoms with Crippen molar-refractivity contribution in [3.05, 3.63) is 62.8 Å². The van der Waals surface area contributed by atoms with Gasteiger partial charge in [-0.25, -0.2) is 9.18 Å². The van der Waals surface area contributed by atoms with Gasteiger partial charge in [-0.1, -0.05) is 46.3 Å². The number of fused-ring (bicyclic) bond motifs is 1. The third kappa shape index (κ3) is 3.91. The van der Waals surface area contributed by atoms with Crippen molar-refractivity contribution < 1.29 is 18.8 Å². The topological polar surface area (TPSA) is 76.0 Å². The van der Waals surface area contributed by atoms with E-state index in [0.29, 0.717) is 15.6 Å². The summed E-state index contributed by atoms with van der Waals surface area (Å²) in [5.74, 6) is -0.734. The Labute approximate surface area is 185 Å². The normalized spacial score (nSPS) is 20.2. The Bertz CT molecular complexity index is 984. The number of benzene rings is 2. The van der Waals surface area contributed by atoms with E-state index in [4.69, 9.17) is 11.6 Å².